The van der Waals surface area contributed by atoms with E-state index in [0.29, 0.717) is 21.7 Å². The third kappa shape index (κ3) is 2.65. The van der Waals surface area contributed by atoms with Gasteiger partial charge in [0.2, 0.25) is 10.9 Å². The van der Waals surface area contributed by atoms with Gasteiger partial charge in [0.05, 0.1) is 17.0 Å². The first-order chi connectivity index (χ1) is 13.5. The number of carbonyl (C=O) groups excluding carboxylic acids is 1. The van der Waals surface area contributed by atoms with Crippen molar-refractivity contribution in [1.82, 2.24) is 10.2 Å². The molecule has 138 valence electrons. The summed E-state index contributed by atoms with van der Waals surface area (Å²) in [6, 6.07) is 12.0. The second-order valence-corrected chi connectivity index (χ2v) is 8.81. The summed E-state index contributed by atoms with van der Waals surface area (Å²) in [7, 11) is 0. The Morgan fingerprint density at radius 3 is 2.64 bits per heavy atom. The SMILES string of the molecule is O=C1c2oc3ccc(Br)cc3c(=O)c2C(c2cccc(Br)c2)N1c1nncs1. The van der Waals surface area contributed by atoms with Gasteiger partial charge >= 0.3 is 0 Å². The Labute approximate surface area is 179 Å². The molecule has 9 heteroatoms. The molecular weight excluding hydrogens is 510 g/mol. The van der Waals surface area contributed by atoms with Gasteiger partial charge in [-0.2, -0.15) is 0 Å². The normalized spacial score (nSPS) is 16.0. The summed E-state index contributed by atoms with van der Waals surface area (Å²) >= 11 is 8.09. The fourth-order valence-corrected chi connectivity index (χ4v) is 4.77. The maximum Gasteiger partial charge on any atom is 0.297 e. The standard InChI is InChI=1S/C19H9Br2N3O3S/c20-10-3-1-2-9(6-10)15-14-16(25)12-7-11(21)4-5-13(12)27-17(14)18(26)24(15)19-23-22-8-28-19/h1-8,15H. The number of carbonyl (C=O) groups is 1. The molecular formula is C19H9Br2N3O3S. The first-order valence-electron chi connectivity index (χ1n) is 8.16. The van der Waals surface area contributed by atoms with E-state index in [1.807, 2.05) is 24.3 Å². The van der Waals surface area contributed by atoms with Crippen molar-refractivity contribution in [3.8, 4) is 0 Å². The van der Waals surface area contributed by atoms with E-state index in [4.69, 9.17) is 4.42 Å². The molecule has 2 aromatic heterocycles. The summed E-state index contributed by atoms with van der Waals surface area (Å²) in [5, 5.41) is 8.73. The maximum absolute atomic E-state index is 13.4. The van der Waals surface area contributed by atoms with Gasteiger partial charge in [-0.05, 0) is 35.9 Å². The zero-order valence-corrected chi connectivity index (χ0v) is 17.9. The smallest absolute Gasteiger partial charge is 0.297 e. The third-order valence-corrected chi connectivity index (χ3v) is 6.23. The van der Waals surface area contributed by atoms with Crippen molar-refractivity contribution in [2.75, 3.05) is 4.90 Å². The van der Waals surface area contributed by atoms with E-state index in [9.17, 15) is 9.59 Å². The van der Waals surface area contributed by atoms with Crippen LogP contribution in [0, 0.1) is 0 Å². The van der Waals surface area contributed by atoms with Crippen molar-refractivity contribution in [3.05, 3.63) is 84.0 Å². The van der Waals surface area contributed by atoms with Crippen LogP contribution in [0.5, 0.6) is 0 Å². The van der Waals surface area contributed by atoms with Crippen LogP contribution in [0.15, 0.2) is 66.1 Å². The van der Waals surface area contributed by atoms with Crippen molar-refractivity contribution in [2.45, 2.75) is 6.04 Å². The molecule has 2 aromatic carbocycles. The van der Waals surface area contributed by atoms with Crippen LogP contribution in [-0.4, -0.2) is 16.1 Å². The number of benzene rings is 2. The Morgan fingerprint density at radius 1 is 1.07 bits per heavy atom. The van der Waals surface area contributed by atoms with Crippen LogP contribution in [-0.2, 0) is 0 Å². The molecule has 0 aliphatic carbocycles. The average Bonchev–Trinajstić information content (AvgIpc) is 3.29. The zero-order chi connectivity index (χ0) is 19.4. The highest BCUT2D eigenvalue weighted by molar-refractivity contribution is 9.10. The molecule has 28 heavy (non-hydrogen) atoms. The van der Waals surface area contributed by atoms with Crippen LogP contribution in [0.25, 0.3) is 11.0 Å². The lowest BCUT2D eigenvalue weighted by atomic mass is 9.99. The van der Waals surface area contributed by atoms with Crippen molar-refractivity contribution in [3.63, 3.8) is 0 Å². The lowest BCUT2D eigenvalue weighted by Crippen LogP contribution is -2.29. The second-order valence-electron chi connectivity index (χ2n) is 6.17. The first-order valence-corrected chi connectivity index (χ1v) is 10.6. The average molecular weight is 519 g/mol. The molecule has 0 fully saturated rings. The van der Waals surface area contributed by atoms with Crippen LogP contribution in [0.4, 0.5) is 5.13 Å². The highest BCUT2D eigenvalue weighted by Crippen LogP contribution is 2.42. The Bertz CT molecular complexity index is 1300. The Hall–Kier alpha value is -2.36. The summed E-state index contributed by atoms with van der Waals surface area (Å²) in [4.78, 5) is 28.1. The summed E-state index contributed by atoms with van der Waals surface area (Å²) in [5.41, 5.74) is 2.77. The van der Waals surface area contributed by atoms with Gasteiger partial charge in [0, 0.05) is 8.95 Å². The summed E-state index contributed by atoms with van der Waals surface area (Å²) < 4.78 is 7.50. The quantitative estimate of drug-likeness (QED) is 0.376. The number of fused-ring (bicyclic) bond motifs is 2. The van der Waals surface area contributed by atoms with E-state index in [0.717, 1.165) is 14.5 Å². The minimum atomic E-state index is -0.646. The minimum Gasteiger partial charge on any atom is -0.450 e. The molecule has 1 atom stereocenters. The van der Waals surface area contributed by atoms with E-state index in [-0.39, 0.29) is 11.2 Å². The molecule has 3 heterocycles. The molecule has 0 spiro atoms. The van der Waals surface area contributed by atoms with E-state index in [1.165, 1.54) is 16.2 Å². The lowest BCUT2D eigenvalue weighted by Gasteiger charge is -2.22. The Kier molecular flexibility index (Phi) is 4.18. The van der Waals surface area contributed by atoms with Crippen molar-refractivity contribution in [2.24, 2.45) is 0 Å². The molecule has 6 nitrogen and oxygen atoms in total. The number of hydrogen-bond donors (Lipinski definition) is 0. The minimum absolute atomic E-state index is 0.0417. The highest BCUT2D eigenvalue weighted by Gasteiger charge is 2.45. The molecule has 1 unspecified atom stereocenters. The van der Waals surface area contributed by atoms with Gasteiger partial charge in [0.15, 0.2) is 5.43 Å². The monoisotopic (exact) mass is 517 g/mol. The van der Waals surface area contributed by atoms with E-state index < -0.39 is 11.9 Å². The Balaban J connectivity index is 1.85. The summed E-state index contributed by atoms with van der Waals surface area (Å²) in [6.07, 6.45) is 0. The topological polar surface area (TPSA) is 76.3 Å². The van der Waals surface area contributed by atoms with Gasteiger partial charge in [-0.15, -0.1) is 10.2 Å². The lowest BCUT2D eigenvalue weighted by molar-refractivity contribution is 0.0970. The summed E-state index contributed by atoms with van der Waals surface area (Å²) in [5.74, 6) is -0.362. The van der Waals surface area contributed by atoms with E-state index >= 15 is 0 Å². The third-order valence-electron chi connectivity index (χ3n) is 4.55. The molecule has 0 N–H and O–H groups in total. The van der Waals surface area contributed by atoms with Gasteiger partial charge in [-0.25, -0.2) is 0 Å². The van der Waals surface area contributed by atoms with Crippen molar-refractivity contribution in [1.29, 1.82) is 0 Å². The van der Waals surface area contributed by atoms with Crippen LogP contribution in [0.1, 0.15) is 27.7 Å². The van der Waals surface area contributed by atoms with Gasteiger partial charge in [-0.3, -0.25) is 14.5 Å². The molecule has 0 radical (unpaired) electrons. The van der Waals surface area contributed by atoms with Crippen LogP contribution in [0.2, 0.25) is 0 Å². The Morgan fingerprint density at radius 2 is 1.89 bits per heavy atom. The number of anilines is 1. The van der Waals surface area contributed by atoms with Gasteiger partial charge in [0.25, 0.3) is 5.91 Å². The predicted octanol–water partition coefficient (Wildman–Crippen LogP) is 4.92. The number of amides is 1. The van der Waals surface area contributed by atoms with Gasteiger partial charge in [0.1, 0.15) is 11.1 Å². The largest absolute Gasteiger partial charge is 0.450 e. The number of halogens is 2. The number of hydrogen-bond acceptors (Lipinski definition) is 6. The van der Waals surface area contributed by atoms with Gasteiger partial charge in [-0.1, -0.05) is 55.3 Å². The number of nitrogens with zero attached hydrogens (tertiary/aromatic N) is 3. The fraction of sp³-hybridized carbons (Fsp3) is 0.0526. The molecule has 0 saturated heterocycles. The van der Waals surface area contributed by atoms with Crippen LogP contribution in [0.3, 0.4) is 0 Å². The molecule has 4 aromatic rings. The molecule has 1 aliphatic rings. The predicted molar refractivity (Wildman–Crippen MR) is 113 cm³/mol. The molecule has 0 saturated carbocycles. The van der Waals surface area contributed by atoms with Gasteiger partial charge < -0.3 is 4.42 Å². The molecule has 5 rings (SSSR count). The number of aromatic nitrogens is 2. The van der Waals surface area contributed by atoms with E-state index in [2.05, 4.69) is 42.1 Å². The summed E-state index contributed by atoms with van der Waals surface area (Å²) in [6.45, 7) is 0. The van der Waals surface area contributed by atoms with Crippen LogP contribution >= 0.6 is 43.2 Å². The zero-order valence-electron chi connectivity index (χ0n) is 13.9. The van der Waals surface area contributed by atoms with Crippen LogP contribution < -0.4 is 10.3 Å². The van der Waals surface area contributed by atoms with E-state index in [1.54, 1.807) is 23.7 Å². The maximum atomic E-state index is 13.4. The van der Waals surface area contributed by atoms with Crippen molar-refractivity contribution < 1.29 is 9.21 Å². The highest BCUT2D eigenvalue weighted by atomic mass is 79.9. The fourth-order valence-electron chi connectivity index (χ4n) is 3.41. The molecule has 0 bridgehead atoms. The first kappa shape index (κ1) is 17.7. The molecule has 1 amide bonds. The number of rotatable bonds is 2. The van der Waals surface area contributed by atoms with Crippen molar-refractivity contribution >= 4 is 65.2 Å². The molecule has 1 aliphatic heterocycles. The second kappa shape index (κ2) is 6.61.